The maximum absolute atomic E-state index is 14.1. The molecule has 0 aliphatic carbocycles. The van der Waals surface area contributed by atoms with E-state index in [0.29, 0.717) is 30.8 Å². The fourth-order valence-electron chi connectivity index (χ4n) is 3.11. The summed E-state index contributed by atoms with van der Waals surface area (Å²) in [7, 11) is 1.27. The van der Waals surface area contributed by atoms with Gasteiger partial charge < -0.3 is 9.64 Å². The second-order valence-electron chi connectivity index (χ2n) is 6.14. The number of thioether (sulfide) groups is 1. The number of ether oxygens (including phenoxy) is 1. The second kappa shape index (κ2) is 8.52. The molecule has 0 radical (unpaired) electrons. The number of hydrogen-bond donors (Lipinski definition) is 0. The number of esters is 1. The first-order chi connectivity index (χ1) is 13.0. The van der Waals surface area contributed by atoms with Gasteiger partial charge in [0, 0.05) is 29.7 Å². The van der Waals surface area contributed by atoms with Crippen molar-refractivity contribution in [2.75, 3.05) is 26.0 Å². The van der Waals surface area contributed by atoms with Crippen LogP contribution >= 0.6 is 11.8 Å². The normalized spacial score (nSPS) is 17.3. The molecule has 1 heterocycles. The van der Waals surface area contributed by atoms with Gasteiger partial charge in [0.25, 0.3) is 5.91 Å². The average Bonchev–Trinajstić information content (AvgIpc) is 2.95. The van der Waals surface area contributed by atoms with Crippen molar-refractivity contribution in [3.63, 3.8) is 0 Å². The maximum atomic E-state index is 14.1. The van der Waals surface area contributed by atoms with Gasteiger partial charge in [-0.15, -0.1) is 0 Å². The lowest BCUT2D eigenvalue weighted by atomic mass is 10.1. The Bertz CT molecular complexity index is 859. The monoisotopic (exact) mass is 391 g/mol. The molecular formula is C20H19F2NO3S. The lowest BCUT2D eigenvalue weighted by Crippen LogP contribution is -2.34. The van der Waals surface area contributed by atoms with Crippen LogP contribution in [0.15, 0.2) is 42.5 Å². The molecular weight excluding hydrogens is 372 g/mol. The second-order valence-corrected chi connectivity index (χ2v) is 7.45. The molecule has 1 amide bonds. The van der Waals surface area contributed by atoms with E-state index in [2.05, 4.69) is 0 Å². The fourth-order valence-corrected chi connectivity index (χ4v) is 4.35. The van der Waals surface area contributed by atoms with Crippen LogP contribution in [0.1, 0.15) is 38.0 Å². The first kappa shape index (κ1) is 19.4. The van der Waals surface area contributed by atoms with Crippen molar-refractivity contribution in [2.45, 2.75) is 11.7 Å². The molecule has 1 unspecified atom stereocenters. The molecule has 7 heteroatoms. The number of rotatable bonds is 3. The van der Waals surface area contributed by atoms with E-state index >= 15 is 0 Å². The number of carbonyl (C=O) groups is 2. The third-order valence-corrected chi connectivity index (χ3v) is 5.81. The molecule has 1 saturated heterocycles. The van der Waals surface area contributed by atoms with Crippen LogP contribution in [0.4, 0.5) is 8.78 Å². The van der Waals surface area contributed by atoms with Gasteiger partial charge in [-0.05, 0) is 36.8 Å². The third-order valence-electron chi connectivity index (χ3n) is 4.50. The van der Waals surface area contributed by atoms with Crippen LogP contribution in [0.3, 0.4) is 0 Å². The summed E-state index contributed by atoms with van der Waals surface area (Å²) < 4.78 is 32.3. The van der Waals surface area contributed by atoms with Crippen molar-refractivity contribution in [3.05, 3.63) is 70.8 Å². The smallest absolute Gasteiger partial charge is 0.338 e. The Morgan fingerprint density at radius 2 is 1.85 bits per heavy atom. The molecule has 1 aliphatic heterocycles. The van der Waals surface area contributed by atoms with Crippen molar-refractivity contribution < 1.29 is 23.1 Å². The minimum absolute atomic E-state index is 0.217. The molecule has 0 saturated carbocycles. The fraction of sp³-hybridized carbons (Fsp3) is 0.300. The Morgan fingerprint density at radius 1 is 1.11 bits per heavy atom. The summed E-state index contributed by atoms with van der Waals surface area (Å²) in [5.74, 6) is -1.16. The van der Waals surface area contributed by atoms with Crippen LogP contribution < -0.4 is 0 Å². The molecule has 0 N–H and O–H groups in total. The number of benzene rings is 2. The van der Waals surface area contributed by atoms with Gasteiger partial charge in [0.05, 0.1) is 18.2 Å². The molecule has 142 valence electrons. The van der Waals surface area contributed by atoms with Gasteiger partial charge >= 0.3 is 5.97 Å². The predicted molar refractivity (Wildman–Crippen MR) is 99.9 cm³/mol. The van der Waals surface area contributed by atoms with Crippen LogP contribution in [0, 0.1) is 11.6 Å². The lowest BCUT2D eigenvalue weighted by Gasteiger charge is -2.21. The van der Waals surface area contributed by atoms with Crippen molar-refractivity contribution in [1.29, 1.82) is 0 Å². The first-order valence-electron chi connectivity index (χ1n) is 8.54. The minimum atomic E-state index is -0.567. The Morgan fingerprint density at radius 3 is 2.59 bits per heavy atom. The standard InChI is InChI=1S/C20H19F2NO3S/c1-26-20(25)15-5-3-2-4-14(15)19(24)23-9-8-18(27-11-10-23)16-12-13(21)6-7-17(16)22/h2-7,12,18H,8-11H2,1H3. The van der Waals surface area contributed by atoms with E-state index in [-0.39, 0.29) is 22.3 Å². The maximum Gasteiger partial charge on any atom is 0.338 e. The third kappa shape index (κ3) is 4.30. The van der Waals surface area contributed by atoms with Gasteiger partial charge in [0.2, 0.25) is 0 Å². The largest absolute Gasteiger partial charge is 0.465 e. The van der Waals surface area contributed by atoms with Gasteiger partial charge in [-0.25, -0.2) is 13.6 Å². The first-order valence-corrected chi connectivity index (χ1v) is 9.59. The molecule has 0 bridgehead atoms. The summed E-state index contributed by atoms with van der Waals surface area (Å²) in [4.78, 5) is 26.5. The van der Waals surface area contributed by atoms with Crippen molar-refractivity contribution in [3.8, 4) is 0 Å². The van der Waals surface area contributed by atoms with E-state index in [1.54, 1.807) is 29.2 Å². The van der Waals surface area contributed by atoms with E-state index in [9.17, 15) is 18.4 Å². The van der Waals surface area contributed by atoms with Crippen LogP contribution in [-0.2, 0) is 4.74 Å². The predicted octanol–water partition coefficient (Wildman–Crippen LogP) is 4.07. The SMILES string of the molecule is COC(=O)c1ccccc1C(=O)N1CCSC(c2cc(F)ccc2F)CC1. The summed E-state index contributed by atoms with van der Waals surface area (Å²) in [6.45, 7) is 0.856. The van der Waals surface area contributed by atoms with Crippen molar-refractivity contribution in [2.24, 2.45) is 0 Å². The van der Waals surface area contributed by atoms with Crippen LogP contribution in [0.2, 0.25) is 0 Å². The quantitative estimate of drug-likeness (QED) is 0.740. The highest BCUT2D eigenvalue weighted by molar-refractivity contribution is 7.99. The van der Waals surface area contributed by atoms with Crippen molar-refractivity contribution in [1.82, 2.24) is 4.90 Å². The topological polar surface area (TPSA) is 46.6 Å². The summed E-state index contributed by atoms with van der Waals surface area (Å²) in [5, 5.41) is -0.227. The molecule has 4 nitrogen and oxygen atoms in total. The highest BCUT2D eigenvalue weighted by Crippen LogP contribution is 2.36. The number of amides is 1. The zero-order chi connectivity index (χ0) is 19.4. The molecule has 1 fully saturated rings. The average molecular weight is 391 g/mol. The molecule has 0 spiro atoms. The minimum Gasteiger partial charge on any atom is -0.465 e. The summed E-state index contributed by atoms with van der Waals surface area (Å²) in [5.41, 5.74) is 0.823. The van der Waals surface area contributed by atoms with E-state index < -0.39 is 17.6 Å². The highest BCUT2D eigenvalue weighted by Gasteiger charge is 2.27. The molecule has 2 aromatic rings. The van der Waals surface area contributed by atoms with Gasteiger partial charge in [-0.1, -0.05) is 12.1 Å². The molecule has 27 heavy (non-hydrogen) atoms. The number of nitrogens with zero attached hydrogens (tertiary/aromatic N) is 1. The summed E-state index contributed by atoms with van der Waals surface area (Å²) in [6, 6.07) is 9.95. The molecule has 1 atom stereocenters. The number of methoxy groups -OCH3 is 1. The molecule has 0 aromatic heterocycles. The molecule has 3 rings (SSSR count). The van der Waals surface area contributed by atoms with Gasteiger partial charge in [0.15, 0.2) is 0 Å². The van der Waals surface area contributed by atoms with E-state index in [1.807, 2.05) is 0 Å². The Hall–Kier alpha value is -2.41. The van der Waals surface area contributed by atoms with E-state index in [4.69, 9.17) is 4.74 Å². The molecule has 1 aliphatic rings. The Balaban J connectivity index is 1.78. The summed E-state index contributed by atoms with van der Waals surface area (Å²) in [6.07, 6.45) is 0.497. The van der Waals surface area contributed by atoms with E-state index in [1.165, 1.54) is 24.9 Å². The Labute approximate surface area is 160 Å². The summed E-state index contributed by atoms with van der Waals surface area (Å²) >= 11 is 1.50. The zero-order valence-electron chi connectivity index (χ0n) is 14.8. The van der Waals surface area contributed by atoms with Gasteiger partial charge in [-0.3, -0.25) is 4.79 Å². The van der Waals surface area contributed by atoms with Crippen molar-refractivity contribution >= 4 is 23.6 Å². The number of hydrogen-bond acceptors (Lipinski definition) is 4. The zero-order valence-corrected chi connectivity index (χ0v) is 15.6. The Kier molecular flexibility index (Phi) is 6.11. The number of halogens is 2. The van der Waals surface area contributed by atoms with Gasteiger partial charge in [0.1, 0.15) is 11.6 Å². The lowest BCUT2D eigenvalue weighted by molar-refractivity contribution is 0.0590. The number of carbonyl (C=O) groups excluding carboxylic acids is 2. The van der Waals surface area contributed by atoms with E-state index in [0.717, 1.165) is 12.1 Å². The van der Waals surface area contributed by atoms with Crippen LogP contribution in [0.25, 0.3) is 0 Å². The highest BCUT2D eigenvalue weighted by atomic mass is 32.2. The van der Waals surface area contributed by atoms with Crippen LogP contribution in [0.5, 0.6) is 0 Å². The van der Waals surface area contributed by atoms with Crippen LogP contribution in [-0.4, -0.2) is 42.7 Å². The molecule has 2 aromatic carbocycles. The van der Waals surface area contributed by atoms with Gasteiger partial charge in [-0.2, -0.15) is 11.8 Å².